The Bertz CT molecular complexity index is 938. The molecule has 0 unspecified atom stereocenters. The third-order valence-electron chi connectivity index (χ3n) is 3.72. The van der Waals surface area contributed by atoms with Crippen molar-refractivity contribution in [2.24, 2.45) is 11.5 Å². The lowest BCUT2D eigenvalue weighted by Gasteiger charge is -2.13. The zero-order valence-electron chi connectivity index (χ0n) is 15.0. The minimum absolute atomic E-state index is 0.0423. The van der Waals surface area contributed by atoms with E-state index >= 15 is 0 Å². The van der Waals surface area contributed by atoms with Crippen LogP contribution in [-0.4, -0.2) is 43.5 Å². The molecule has 6 N–H and O–H groups in total. The second kappa shape index (κ2) is 7.79. The Balaban J connectivity index is 1.93. The fourth-order valence-electron chi connectivity index (χ4n) is 2.39. The van der Waals surface area contributed by atoms with Crippen molar-refractivity contribution in [2.45, 2.75) is 19.9 Å². The van der Waals surface area contributed by atoms with E-state index in [4.69, 9.17) is 11.5 Å². The van der Waals surface area contributed by atoms with Gasteiger partial charge in [0.25, 0.3) is 5.91 Å². The van der Waals surface area contributed by atoms with E-state index in [1.54, 1.807) is 12.4 Å². The minimum atomic E-state index is -0.676. The van der Waals surface area contributed by atoms with E-state index in [1.165, 1.54) is 11.0 Å². The molecule has 0 aliphatic rings. The molecule has 0 radical (unpaired) electrons. The van der Waals surface area contributed by atoms with Gasteiger partial charge in [-0.05, 0) is 31.5 Å². The molecule has 3 aromatic rings. The number of anilines is 3. The van der Waals surface area contributed by atoms with Crippen LogP contribution < -0.4 is 22.1 Å². The van der Waals surface area contributed by atoms with Crippen LogP contribution >= 0.6 is 0 Å². The van der Waals surface area contributed by atoms with Crippen LogP contribution in [0.3, 0.4) is 0 Å². The van der Waals surface area contributed by atoms with Crippen LogP contribution in [0.2, 0.25) is 0 Å². The van der Waals surface area contributed by atoms with Crippen molar-refractivity contribution in [3.8, 4) is 5.69 Å². The van der Waals surface area contributed by atoms with E-state index in [-0.39, 0.29) is 17.6 Å². The SMILES string of the molecule is Cc1ccc(Nc2nc(NC[C@H](C)N)cnc2C(N)=O)cc1-n1nccn1. The Morgan fingerprint density at radius 3 is 2.70 bits per heavy atom. The highest BCUT2D eigenvalue weighted by molar-refractivity contribution is 5.96. The predicted octanol–water partition coefficient (Wildman–Crippen LogP) is 0.967. The molecule has 1 amide bonds. The van der Waals surface area contributed by atoms with Crippen molar-refractivity contribution < 1.29 is 4.79 Å². The normalized spacial score (nSPS) is 11.8. The number of rotatable bonds is 7. The number of primary amides is 1. The van der Waals surface area contributed by atoms with Crippen LogP contribution in [0.5, 0.6) is 0 Å². The number of nitrogens with one attached hydrogen (secondary N) is 2. The van der Waals surface area contributed by atoms with Gasteiger partial charge in [0.05, 0.1) is 24.3 Å². The molecule has 27 heavy (non-hydrogen) atoms. The molecule has 140 valence electrons. The number of carbonyl (C=O) groups is 1. The fraction of sp³-hybridized carbons (Fsp3) is 0.235. The van der Waals surface area contributed by atoms with Crippen molar-refractivity contribution in [1.29, 1.82) is 0 Å². The lowest BCUT2D eigenvalue weighted by atomic mass is 10.2. The molecular formula is C17H21N9O. The molecule has 0 fully saturated rings. The third-order valence-corrected chi connectivity index (χ3v) is 3.72. The second-order valence-corrected chi connectivity index (χ2v) is 6.12. The van der Waals surface area contributed by atoms with E-state index in [0.29, 0.717) is 18.1 Å². The monoisotopic (exact) mass is 367 g/mol. The van der Waals surface area contributed by atoms with Gasteiger partial charge in [-0.25, -0.2) is 9.97 Å². The molecule has 1 atom stereocenters. The molecule has 2 aromatic heterocycles. The summed E-state index contributed by atoms with van der Waals surface area (Å²) in [5.74, 6) is 0.0612. The summed E-state index contributed by atoms with van der Waals surface area (Å²) in [6.45, 7) is 4.34. The first-order valence-electron chi connectivity index (χ1n) is 8.34. The number of aryl methyl sites for hydroxylation is 1. The van der Waals surface area contributed by atoms with Crippen molar-refractivity contribution in [3.05, 3.63) is 48.0 Å². The van der Waals surface area contributed by atoms with Gasteiger partial charge in [-0.15, -0.1) is 0 Å². The predicted molar refractivity (Wildman–Crippen MR) is 102 cm³/mol. The number of nitrogens with zero attached hydrogens (tertiary/aromatic N) is 5. The van der Waals surface area contributed by atoms with Gasteiger partial charge < -0.3 is 22.1 Å². The summed E-state index contributed by atoms with van der Waals surface area (Å²) >= 11 is 0. The van der Waals surface area contributed by atoms with Crippen LogP contribution in [0.1, 0.15) is 23.0 Å². The summed E-state index contributed by atoms with van der Waals surface area (Å²) < 4.78 is 0. The van der Waals surface area contributed by atoms with Gasteiger partial charge >= 0.3 is 0 Å². The highest BCUT2D eigenvalue weighted by Gasteiger charge is 2.14. The van der Waals surface area contributed by atoms with Gasteiger partial charge in [-0.3, -0.25) is 4.79 Å². The molecule has 0 spiro atoms. The molecule has 0 aliphatic carbocycles. The largest absolute Gasteiger partial charge is 0.367 e. The molecule has 0 saturated heterocycles. The first kappa shape index (κ1) is 18.3. The highest BCUT2D eigenvalue weighted by Crippen LogP contribution is 2.23. The summed E-state index contributed by atoms with van der Waals surface area (Å²) in [4.78, 5) is 21.7. The summed E-state index contributed by atoms with van der Waals surface area (Å²) in [6.07, 6.45) is 4.65. The van der Waals surface area contributed by atoms with Crippen molar-refractivity contribution >= 4 is 23.2 Å². The average molecular weight is 367 g/mol. The standard InChI is InChI=1S/C17H21N9O/c1-10-3-4-12(7-13(10)26-22-5-6-23-26)24-17-15(16(19)27)21-9-14(25-17)20-8-11(2)18/h3-7,9,11H,8,18H2,1-2H3,(H2,19,27)(H2,20,24,25)/t11-/m0/s1. The number of hydrogen-bond acceptors (Lipinski definition) is 8. The summed E-state index contributed by atoms with van der Waals surface area (Å²) in [5, 5.41) is 14.5. The maximum atomic E-state index is 11.7. The Labute approximate surface area is 156 Å². The van der Waals surface area contributed by atoms with Gasteiger partial charge in [-0.2, -0.15) is 15.0 Å². The molecule has 2 heterocycles. The van der Waals surface area contributed by atoms with Gasteiger partial charge in [0.2, 0.25) is 0 Å². The molecule has 0 aliphatic heterocycles. The van der Waals surface area contributed by atoms with E-state index in [0.717, 1.165) is 11.3 Å². The number of hydrogen-bond donors (Lipinski definition) is 4. The van der Waals surface area contributed by atoms with Crippen LogP contribution in [0.4, 0.5) is 17.3 Å². The van der Waals surface area contributed by atoms with E-state index < -0.39 is 5.91 Å². The molecule has 0 saturated carbocycles. The minimum Gasteiger partial charge on any atom is -0.367 e. The quantitative estimate of drug-likeness (QED) is 0.482. The highest BCUT2D eigenvalue weighted by atomic mass is 16.1. The average Bonchev–Trinajstić information content (AvgIpc) is 3.16. The second-order valence-electron chi connectivity index (χ2n) is 6.12. The van der Waals surface area contributed by atoms with E-state index in [1.807, 2.05) is 32.0 Å². The lowest BCUT2D eigenvalue weighted by molar-refractivity contribution is 0.0996. The summed E-state index contributed by atoms with van der Waals surface area (Å²) in [7, 11) is 0. The van der Waals surface area contributed by atoms with Crippen molar-refractivity contribution in [3.63, 3.8) is 0 Å². The Kier molecular flexibility index (Phi) is 5.27. The number of nitrogens with two attached hydrogens (primary N) is 2. The van der Waals surface area contributed by atoms with E-state index in [2.05, 4.69) is 30.8 Å². The maximum Gasteiger partial charge on any atom is 0.271 e. The first-order chi connectivity index (χ1) is 12.9. The number of benzene rings is 1. The van der Waals surface area contributed by atoms with E-state index in [9.17, 15) is 4.79 Å². The van der Waals surface area contributed by atoms with Gasteiger partial charge in [0.1, 0.15) is 5.82 Å². The summed E-state index contributed by atoms with van der Waals surface area (Å²) in [6, 6.07) is 5.57. The first-order valence-corrected chi connectivity index (χ1v) is 8.34. The summed E-state index contributed by atoms with van der Waals surface area (Å²) in [5.41, 5.74) is 13.7. The zero-order chi connectivity index (χ0) is 19.4. The molecule has 3 rings (SSSR count). The number of carbonyl (C=O) groups excluding carboxylic acids is 1. The lowest BCUT2D eigenvalue weighted by Crippen LogP contribution is -2.26. The third kappa shape index (κ3) is 4.36. The fourth-order valence-corrected chi connectivity index (χ4v) is 2.39. The number of aromatic nitrogens is 5. The van der Waals surface area contributed by atoms with Crippen molar-refractivity contribution in [2.75, 3.05) is 17.2 Å². The molecule has 10 nitrogen and oxygen atoms in total. The molecule has 1 aromatic carbocycles. The Morgan fingerprint density at radius 2 is 2.04 bits per heavy atom. The smallest absolute Gasteiger partial charge is 0.271 e. The molecular weight excluding hydrogens is 346 g/mol. The Morgan fingerprint density at radius 1 is 1.30 bits per heavy atom. The van der Waals surface area contributed by atoms with Crippen LogP contribution in [-0.2, 0) is 0 Å². The topological polar surface area (TPSA) is 150 Å². The number of amides is 1. The molecule has 0 bridgehead atoms. The van der Waals surface area contributed by atoms with Gasteiger partial charge in [0.15, 0.2) is 11.5 Å². The van der Waals surface area contributed by atoms with Crippen LogP contribution in [0.25, 0.3) is 5.69 Å². The Hall–Kier alpha value is -3.53. The van der Waals surface area contributed by atoms with Crippen LogP contribution in [0.15, 0.2) is 36.8 Å². The molecule has 10 heteroatoms. The maximum absolute atomic E-state index is 11.7. The zero-order valence-corrected chi connectivity index (χ0v) is 15.0. The van der Waals surface area contributed by atoms with Gasteiger partial charge in [0, 0.05) is 18.3 Å². The van der Waals surface area contributed by atoms with Crippen LogP contribution in [0, 0.1) is 6.92 Å². The van der Waals surface area contributed by atoms with Gasteiger partial charge in [-0.1, -0.05) is 6.07 Å². The van der Waals surface area contributed by atoms with Crippen molar-refractivity contribution in [1.82, 2.24) is 25.0 Å².